The summed E-state index contributed by atoms with van der Waals surface area (Å²) in [6.45, 7) is 1.71. The van der Waals surface area contributed by atoms with Gasteiger partial charge >= 0.3 is 0 Å². The van der Waals surface area contributed by atoms with Gasteiger partial charge in [0.1, 0.15) is 0 Å². The molecule has 0 heterocycles. The summed E-state index contributed by atoms with van der Waals surface area (Å²) >= 11 is 5.84. The lowest BCUT2D eigenvalue weighted by Gasteiger charge is -2.25. The second-order valence-electron chi connectivity index (χ2n) is 6.52. The smallest absolute Gasteiger partial charge is 0.238 e. The summed E-state index contributed by atoms with van der Waals surface area (Å²) in [4.78, 5) is 28.4. The summed E-state index contributed by atoms with van der Waals surface area (Å²) in [5.41, 5.74) is 1.72. The van der Waals surface area contributed by atoms with Crippen molar-refractivity contribution >= 4 is 29.1 Å². The van der Waals surface area contributed by atoms with E-state index in [2.05, 4.69) is 5.32 Å². The molecular formula is C21H26ClN3O3. The number of nitrogens with one attached hydrogen (secondary N) is 1. The number of methoxy groups -OCH3 is 1. The van der Waals surface area contributed by atoms with Crippen LogP contribution >= 0.6 is 11.6 Å². The third-order valence-electron chi connectivity index (χ3n) is 4.08. The predicted octanol–water partition coefficient (Wildman–Crippen LogP) is 2.89. The monoisotopic (exact) mass is 403 g/mol. The summed E-state index contributed by atoms with van der Waals surface area (Å²) in [5, 5.41) is 3.40. The average molecular weight is 404 g/mol. The molecule has 0 saturated heterocycles. The summed E-state index contributed by atoms with van der Waals surface area (Å²) in [6, 6.07) is 16.7. The zero-order valence-corrected chi connectivity index (χ0v) is 17.0. The van der Waals surface area contributed by atoms with Gasteiger partial charge in [-0.05, 0) is 36.9 Å². The quantitative estimate of drug-likeness (QED) is 0.662. The molecule has 0 aliphatic heterocycles. The normalized spacial score (nSPS) is 10.7. The van der Waals surface area contributed by atoms with Crippen molar-refractivity contribution in [2.24, 2.45) is 0 Å². The molecular weight excluding hydrogens is 378 g/mol. The number of halogens is 1. The first kappa shape index (κ1) is 21.9. The predicted molar refractivity (Wildman–Crippen MR) is 111 cm³/mol. The Hall–Kier alpha value is -2.41. The number of likely N-dealkylation sites (N-methyl/N-ethyl adjacent to an activating group) is 1. The van der Waals surface area contributed by atoms with Gasteiger partial charge in [0, 0.05) is 30.9 Å². The Balaban J connectivity index is 1.87. The molecule has 0 radical (unpaired) electrons. The van der Waals surface area contributed by atoms with Gasteiger partial charge in [-0.3, -0.25) is 14.5 Å². The molecule has 28 heavy (non-hydrogen) atoms. The van der Waals surface area contributed by atoms with E-state index in [1.807, 2.05) is 30.3 Å². The van der Waals surface area contributed by atoms with Crippen molar-refractivity contribution in [2.45, 2.75) is 6.54 Å². The van der Waals surface area contributed by atoms with E-state index in [1.165, 1.54) is 0 Å². The van der Waals surface area contributed by atoms with Crippen molar-refractivity contribution in [1.82, 2.24) is 9.80 Å². The number of carbonyl (C=O) groups excluding carboxylic acids is 2. The van der Waals surface area contributed by atoms with Crippen LogP contribution in [-0.4, -0.2) is 62.0 Å². The minimum Gasteiger partial charge on any atom is -0.383 e. The Bertz CT molecular complexity index is 753. The minimum atomic E-state index is -0.191. The molecule has 2 aromatic carbocycles. The Morgan fingerprint density at radius 2 is 1.71 bits per heavy atom. The van der Waals surface area contributed by atoms with Gasteiger partial charge in [-0.1, -0.05) is 41.9 Å². The van der Waals surface area contributed by atoms with Crippen LogP contribution in [0.15, 0.2) is 54.6 Å². The molecule has 1 N–H and O–H groups in total. The van der Waals surface area contributed by atoms with E-state index in [0.29, 0.717) is 30.4 Å². The fraction of sp³-hybridized carbons (Fsp3) is 0.333. The Kier molecular flexibility index (Phi) is 8.94. The molecule has 0 aliphatic carbocycles. The number of hydrogen-bond donors (Lipinski definition) is 1. The maximum absolute atomic E-state index is 12.7. The highest BCUT2D eigenvalue weighted by Crippen LogP contribution is 2.13. The summed E-state index contributed by atoms with van der Waals surface area (Å²) in [6.07, 6.45) is 0. The molecule has 0 aromatic heterocycles. The van der Waals surface area contributed by atoms with E-state index in [0.717, 1.165) is 5.56 Å². The van der Waals surface area contributed by atoms with Crippen molar-refractivity contribution in [1.29, 1.82) is 0 Å². The van der Waals surface area contributed by atoms with Crippen LogP contribution in [0, 0.1) is 0 Å². The fourth-order valence-electron chi connectivity index (χ4n) is 2.66. The molecule has 0 saturated carbocycles. The number of anilines is 1. The zero-order chi connectivity index (χ0) is 20.4. The third-order valence-corrected chi connectivity index (χ3v) is 4.33. The molecule has 0 fully saturated rings. The molecule has 0 spiro atoms. The highest BCUT2D eigenvalue weighted by molar-refractivity contribution is 6.30. The van der Waals surface area contributed by atoms with Gasteiger partial charge < -0.3 is 15.0 Å². The zero-order valence-electron chi connectivity index (χ0n) is 16.2. The Morgan fingerprint density at radius 1 is 1.04 bits per heavy atom. The van der Waals surface area contributed by atoms with Gasteiger partial charge in [0.25, 0.3) is 0 Å². The van der Waals surface area contributed by atoms with Gasteiger partial charge in [0.15, 0.2) is 0 Å². The molecule has 0 aliphatic rings. The van der Waals surface area contributed by atoms with Crippen LogP contribution in [-0.2, 0) is 20.9 Å². The second kappa shape index (κ2) is 11.4. The van der Waals surface area contributed by atoms with Crippen LogP contribution in [0.5, 0.6) is 0 Å². The van der Waals surface area contributed by atoms with Crippen molar-refractivity contribution in [3.63, 3.8) is 0 Å². The number of ether oxygens (including phenoxy) is 1. The number of hydrogen-bond acceptors (Lipinski definition) is 4. The largest absolute Gasteiger partial charge is 0.383 e. The fourth-order valence-corrected chi connectivity index (χ4v) is 2.79. The van der Waals surface area contributed by atoms with Crippen molar-refractivity contribution in [3.05, 3.63) is 65.2 Å². The lowest BCUT2D eigenvalue weighted by Crippen LogP contribution is -2.42. The first-order valence-electron chi connectivity index (χ1n) is 9.02. The minimum absolute atomic E-state index is 0.0531. The van der Waals surface area contributed by atoms with E-state index >= 15 is 0 Å². The van der Waals surface area contributed by atoms with Crippen LogP contribution in [0.1, 0.15) is 5.56 Å². The lowest BCUT2D eigenvalue weighted by atomic mass is 10.2. The SMILES string of the molecule is COCCN(Cc1ccccc1)C(=O)CN(C)CC(=O)Nc1ccc(Cl)cc1. The molecule has 150 valence electrons. The molecule has 6 nitrogen and oxygen atoms in total. The first-order chi connectivity index (χ1) is 13.5. The summed E-state index contributed by atoms with van der Waals surface area (Å²) in [5.74, 6) is -0.244. The number of benzene rings is 2. The van der Waals surface area contributed by atoms with E-state index in [1.54, 1.807) is 48.2 Å². The summed E-state index contributed by atoms with van der Waals surface area (Å²) in [7, 11) is 3.36. The van der Waals surface area contributed by atoms with Crippen molar-refractivity contribution in [3.8, 4) is 0 Å². The van der Waals surface area contributed by atoms with Crippen LogP contribution in [0.25, 0.3) is 0 Å². The standard InChI is InChI=1S/C21H26ClN3O3/c1-24(15-20(26)23-19-10-8-18(22)9-11-19)16-21(27)25(12-13-28-2)14-17-6-4-3-5-7-17/h3-11H,12-16H2,1-2H3,(H,23,26). The van der Waals surface area contributed by atoms with Crippen molar-refractivity contribution in [2.75, 3.05) is 45.7 Å². The van der Waals surface area contributed by atoms with Gasteiger partial charge in [-0.2, -0.15) is 0 Å². The van der Waals surface area contributed by atoms with Crippen LogP contribution in [0.2, 0.25) is 5.02 Å². The van der Waals surface area contributed by atoms with E-state index in [-0.39, 0.29) is 24.9 Å². The summed E-state index contributed by atoms with van der Waals surface area (Å²) < 4.78 is 5.12. The van der Waals surface area contributed by atoms with Crippen LogP contribution < -0.4 is 5.32 Å². The first-order valence-corrected chi connectivity index (χ1v) is 9.40. The number of amides is 2. The molecule has 2 rings (SSSR count). The van der Waals surface area contributed by atoms with Crippen molar-refractivity contribution < 1.29 is 14.3 Å². The van der Waals surface area contributed by atoms with Gasteiger partial charge in [0.2, 0.25) is 11.8 Å². The van der Waals surface area contributed by atoms with Crippen LogP contribution in [0.4, 0.5) is 5.69 Å². The molecule has 0 bridgehead atoms. The molecule has 7 heteroatoms. The van der Waals surface area contributed by atoms with E-state index in [4.69, 9.17) is 16.3 Å². The third kappa shape index (κ3) is 7.68. The lowest BCUT2D eigenvalue weighted by molar-refractivity contribution is -0.133. The number of rotatable bonds is 10. The molecule has 0 atom stereocenters. The topological polar surface area (TPSA) is 61.9 Å². The molecule has 0 unspecified atom stereocenters. The highest BCUT2D eigenvalue weighted by Gasteiger charge is 2.17. The highest BCUT2D eigenvalue weighted by atomic mass is 35.5. The Labute approximate surface area is 171 Å². The second-order valence-corrected chi connectivity index (χ2v) is 6.96. The molecule has 2 amide bonds. The number of carbonyl (C=O) groups is 2. The van der Waals surface area contributed by atoms with Crippen LogP contribution in [0.3, 0.4) is 0 Å². The molecule has 2 aromatic rings. The van der Waals surface area contributed by atoms with E-state index < -0.39 is 0 Å². The van der Waals surface area contributed by atoms with E-state index in [9.17, 15) is 9.59 Å². The van der Waals surface area contributed by atoms with Gasteiger partial charge in [-0.25, -0.2) is 0 Å². The number of nitrogens with zero attached hydrogens (tertiary/aromatic N) is 2. The van der Waals surface area contributed by atoms with Gasteiger partial charge in [-0.15, -0.1) is 0 Å². The Morgan fingerprint density at radius 3 is 2.36 bits per heavy atom. The van der Waals surface area contributed by atoms with Gasteiger partial charge in [0.05, 0.1) is 19.7 Å². The maximum Gasteiger partial charge on any atom is 0.238 e. The maximum atomic E-state index is 12.7. The average Bonchev–Trinajstić information content (AvgIpc) is 2.67.